The summed E-state index contributed by atoms with van der Waals surface area (Å²) < 4.78 is 40.6. The third-order valence-electron chi connectivity index (χ3n) is 5.73. The molecular formula is C27H19BrClF3N6O. The number of alkyl halides is 3. The lowest BCUT2D eigenvalue weighted by molar-refractivity contribution is -0.137. The van der Waals surface area contributed by atoms with Crippen LogP contribution in [0.15, 0.2) is 89.5 Å². The van der Waals surface area contributed by atoms with Gasteiger partial charge >= 0.3 is 12.2 Å². The van der Waals surface area contributed by atoms with Crippen LogP contribution in [0.1, 0.15) is 11.1 Å². The highest BCUT2D eigenvalue weighted by Gasteiger charge is 2.30. The van der Waals surface area contributed by atoms with Gasteiger partial charge in [-0.2, -0.15) is 22.8 Å². The molecule has 198 valence electrons. The van der Waals surface area contributed by atoms with Gasteiger partial charge in [0.15, 0.2) is 5.65 Å². The van der Waals surface area contributed by atoms with E-state index in [1.165, 1.54) is 12.1 Å². The zero-order valence-electron chi connectivity index (χ0n) is 19.9. The molecule has 0 aliphatic rings. The third-order valence-corrected chi connectivity index (χ3v) is 6.62. The Morgan fingerprint density at radius 2 is 1.59 bits per heavy atom. The Kier molecular flexibility index (Phi) is 7.45. The molecule has 0 aliphatic carbocycles. The number of carbonyl (C=O) groups is 1. The number of nitrogens with one attached hydrogen (secondary N) is 3. The Bertz CT molecular complexity index is 1640. The molecule has 0 aliphatic heterocycles. The van der Waals surface area contributed by atoms with Crippen LogP contribution in [0, 0.1) is 0 Å². The number of rotatable bonds is 6. The van der Waals surface area contributed by atoms with Gasteiger partial charge in [0.1, 0.15) is 5.82 Å². The van der Waals surface area contributed by atoms with E-state index in [1.807, 2.05) is 36.4 Å². The van der Waals surface area contributed by atoms with E-state index in [1.54, 1.807) is 28.9 Å². The van der Waals surface area contributed by atoms with Crippen LogP contribution in [0.2, 0.25) is 5.02 Å². The lowest BCUT2D eigenvalue weighted by Crippen LogP contribution is -2.19. The highest BCUT2D eigenvalue weighted by atomic mass is 79.9. The van der Waals surface area contributed by atoms with E-state index in [0.29, 0.717) is 34.4 Å². The summed E-state index contributed by atoms with van der Waals surface area (Å²) in [5, 5.41) is 13.5. The monoisotopic (exact) mass is 614 g/mol. The predicted molar refractivity (Wildman–Crippen MR) is 149 cm³/mol. The second kappa shape index (κ2) is 11.0. The van der Waals surface area contributed by atoms with Gasteiger partial charge in [0.25, 0.3) is 0 Å². The fourth-order valence-corrected chi connectivity index (χ4v) is 4.38. The average Bonchev–Trinajstić information content (AvgIpc) is 3.28. The average molecular weight is 616 g/mol. The van der Waals surface area contributed by atoms with Gasteiger partial charge in [0.05, 0.1) is 21.9 Å². The minimum atomic E-state index is -4.44. The number of nitrogens with zero attached hydrogens (tertiary/aromatic N) is 3. The maximum Gasteiger partial charge on any atom is 0.416 e. The molecule has 3 N–H and O–H groups in total. The Morgan fingerprint density at radius 1 is 0.949 bits per heavy atom. The second-order valence-electron chi connectivity index (χ2n) is 8.44. The van der Waals surface area contributed by atoms with Crippen molar-refractivity contribution >= 4 is 56.4 Å². The molecule has 0 fully saturated rings. The molecule has 0 unspecified atom stereocenters. The molecule has 5 rings (SSSR count). The molecule has 3 aromatic carbocycles. The lowest BCUT2D eigenvalue weighted by atomic mass is 10.1. The maximum absolute atomic E-state index is 12.7. The van der Waals surface area contributed by atoms with Crippen LogP contribution in [0.25, 0.3) is 16.9 Å². The SMILES string of the molecule is O=C(Nc1ccc(CNc2cc(-c3ccccc3Cl)nc3c(Br)cnn23)cc1)Nc1ccc(C(F)(F)F)cc1. The number of carbonyl (C=O) groups excluding carboxylic acids is 1. The molecule has 0 atom stereocenters. The van der Waals surface area contributed by atoms with Gasteiger partial charge in [0, 0.05) is 34.6 Å². The number of hydrogen-bond donors (Lipinski definition) is 3. The summed E-state index contributed by atoms with van der Waals surface area (Å²) in [4.78, 5) is 17.0. The van der Waals surface area contributed by atoms with Crippen molar-refractivity contribution in [3.63, 3.8) is 0 Å². The molecule has 5 aromatic rings. The highest BCUT2D eigenvalue weighted by molar-refractivity contribution is 9.10. The van der Waals surface area contributed by atoms with Crippen LogP contribution in [-0.2, 0) is 12.7 Å². The summed E-state index contributed by atoms with van der Waals surface area (Å²) in [5.41, 5.74) is 3.02. The minimum Gasteiger partial charge on any atom is -0.366 e. The van der Waals surface area contributed by atoms with Crippen LogP contribution >= 0.6 is 27.5 Å². The highest BCUT2D eigenvalue weighted by Crippen LogP contribution is 2.31. The molecule has 2 amide bonds. The molecule has 0 radical (unpaired) electrons. The Hall–Kier alpha value is -4.09. The van der Waals surface area contributed by atoms with Crippen LogP contribution in [-0.4, -0.2) is 20.6 Å². The summed E-state index contributed by atoms with van der Waals surface area (Å²) in [6, 6.07) is 20.1. The van der Waals surface area contributed by atoms with Crippen LogP contribution < -0.4 is 16.0 Å². The Balaban J connectivity index is 1.25. The summed E-state index contributed by atoms with van der Waals surface area (Å²) >= 11 is 9.89. The second-order valence-corrected chi connectivity index (χ2v) is 9.70. The summed E-state index contributed by atoms with van der Waals surface area (Å²) in [6.45, 7) is 0.455. The van der Waals surface area contributed by atoms with E-state index in [-0.39, 0.29) is 5.69 Å². The van der Waals surface area contributed by atoms with Crippen molar-refractivity contribution in [2.24, 2.45) is 0 Å². The Labute approximate surface area is 234 Å². The number of amides is 2. The summed E-state index contributed by atoms with van der Waals surface area (Å²) in [6.07, 6.45) is -2.77. The fraction of sp³-hybridized carbons (Fsp3) is 0.0741. The molecule has 0 bridgehead atoms. The van der Waals surface area contributed by atoms with E-state index in [0.717, 1.165) is 27.7 Å². The fourth-order valence-electron chi connectivity index (χ4n) is 3.80. The first-order valence-electron chi connectivity index (χ1n) is 11.5. The number of hydrogen-bond acceptors (Lipinski definition) is 4. The number of aromatic nitrogens is 3. The smallest absolute Gasteiger partial charge is 0.366 e. The van der Waals surface area contributed by atoms with E-state index >= 15 is 0 Å². The van der Waals surface area contributed by atoms with Gasteiger partial charge in [-0.05, 0) is 64.0 Å². The molecule has 0 saturated heterocycles. The number of anilines is 3. The minimum absolute atomic E-state index is 0.242. The topological polar surface area (TPSA) is 83.3 Å². The summed E-state index contributed by atoms with van der Waals surface area (Å²) in [7, 11) is 0. The molecule has 39 heavy (non-hydrogen) atoms. The summed E-state index contributed by atoms with van der Waals surface area (Å²) in [5.74, 6) is 0.707. The van der Waals surface area contributed by atoms with Gasteiger partial charge in [0.2, 0.25) is 0 Å². The molecule has 0 saturated carbocycles. The lowest BCUT2D eigenvalue weighted by Gasteiger charge is -2.12. The van der Waals surface area contributed by atoms with Crippen molar-refractivity contribution in [3.05, 3.63) is 106 Å². The van der Waals surface area contributed by atoms with Crippen LogP contribution in [0.5, 0.6) is 0 Å². The molecule has 2 aromatic heterocycles. The van der Waals surface area contributed by atoms with Crippen molar-refractivity contribution in [2.75, 3.05) is 16.0 Å². The largest absolute Gasteiger partial charge is 0.416 e. The maximum atomic E-state index is 12.7. The van der Waals surface area contributed by atoms with Gasteiger partial charge in [-0.3, -0.25) is 0 Å². The zero-order valence-corrected chi connectivity index (χ0v) is 22.3. The first kappa shape index (κ1) is 26.5. The number of halogens is 5. The normalized spacial score (nSPS) is 11.4. The van der Waals surface area contributed by atoms with E-state index in [9.17, 15) is 18.0 Å². The molecule has 12 heteroatoms. The standard InChI is InChI=1S/C27H19BrClF3N6O/c28-21-15-34-38-24(13-23(37-25(21)38)20-3-1-2-4-22(20)29)33-14-16-5-9-18(10-6-16)35-26(39)36-19-11-7-17(8-12-19)27(30,31)32/h1-13,15,33H,14H2,(H2,35,36,39). The quantitative estimate of drug-likeness (QED) is 0.180. The predicted octanol–water partition coefficient (Wildman–Crippen LogP) is 8.09. The van der Waals surface area contributed by atoms with Gasteiger partial charge in [-0.25, -0.2) is 9.78 Å². The van der Waals surface area contributed by atoms with Gasteiger partial charge < -0.3 is 16.0 Å². The van der Waals surface area contributed by atoms with Gasteiger partial charge in [-0.1, -0.05) is 41.9 Å². The first-order valence-corrected chi connectivity index (χ1v) is 12.7. The van der Waals surface area contributed by atoms with Crippen LogP contribution in [0.3, 0.4) is 0 Å². The van der Waals surface area contributed by atoms with E-state index in [4.69, 9.17) is 16.6 Å². The Morgan fingerprint density at radius 3 is 2.23 bits per heavy atom. The molecule has 2 heterocycles. The van der Waals surface area contributed by atoms with Crippen molar-refractivity contribution in [1.29, 1.82) is 0 Å². The first-order chi connectivity index (χ1) is 18.7. The van der Waals surface area contributed by atoms with Gasteiger partial charge in [-0.15, -0.1) is 0 Å². The number of urea groups is 1. The molecule has 7 nitrogen and oxygen atoms in total. The number of benzene rings is 3. The van der Waals surface area contributed by atoms with Crippen molar-refractivity contribution in [3.8, 4) is 11.3 Å². The van der Waals surface area contributed by atoms with Crippen molar-refractivity contribution in [1.82, 2.24) is 14.6 Å². The third kappa shape index (κ3) is 6.15. The molecule has 0 spiro atoms. The van der Waals surface area contributed by atoms with Crippen molar-refractivity contribution in [2.45, 2.75) is 12.7 Å². The van der Waals surface area contributed by atoms with E-state index in [2.05, 4.69) is 37.0 Å². The molecular weight excluding hydrogens is 597 g/mol. The number of fused-ring (bicyclic) bond motifs is 1. The van der Waals surface area contributed by atoms with E-state index < -0.39 is 17.8 Å². The zero-order chi connectivity index (χ0) is 27.6. The van der Waals surface area contributed by atoms with Crippen LogP contribution in [0.4, 0.5) is 35.2 Å². The van der Waals surface area contributed by atoms with Crippen molar-refractivity contribution < 1.29 is 18.0 Å².